The van der Waals surface area contributed by atoms with Crippen molar-refractivity contribution in [1.82, 2.24) is 0 Å². The average molecular weight is 434 g/mol. The summed E-state index contributed by atoms with van der Waals surface area (Å²) in [6, 6.07) is 0. The van der Waals surface area contributed by atoms with Gasteiger partial charge >= 0.3 is 0 Å². The minimum absolute atomic E-state index is 0. The second-order valence-corrected chi connectivity index (χ2v) is 3.72. The van der Waals surface area contributed by atoms with Gasteiger partial charge in [0.1, 0.15) is 0 Å². The van der Waals surface area contributed by atoms with Gasteiger partial charge in [0.15, 0.2) is 8.46 Å². The molecule has 0 saturated carbocycles. The van der Waals surface area contributed by atoms with E-state index in [4.69, 9.17) is 0 Å². The minimum Gasteiger partial charge on any atom is -0.341 e. The summed E-state index contributed by atoms with van der Waals surface area (Å²) in [6.07, 6.45) is 0.792. The van der Waals surface area contributed by atoms with Gasteiger partial charge in [0.2, 0.25) is 0 Å². The Bertz CT molecular complexity index is 76.7. The molecular formula is C8H18OPWY-. The Hall–Kier alpha value is 1.89. The first-order chi connectivity index (χ1) is 4.50. The summed E-state index contributed by atoms with van der Waals surface area (Å²) in [5.74, 6) is 1.16. The van der Waals surface area contributed by atoms with E-state index < -0.39 is 0 Å². The zero-order valence-corrected chi connectivity index (χ0v) is 15.1. The van der Waals surface area contributed by atoms with Crippen LogP contribution in [0.3, 0.4) is 0 Å². The summed E-state index contributed by atoms with van der Waals surface area (Å²) in [5, 5.41) is 0. The molecule has 0 N–H and O–H groups in total. The third-order valence-electron chi connectivity index (χ3n) is 0.440. The zero-order chi connectivity index (χ0) is 8.57. The van der Waals surface area contributed by atoms with Crippen molar-refractivity contribution < 1.29 is 58.3 Å². The van der Waals surface area contributed by atoms with Crippen molar-refractivity contribution in [1.29, 1.82) is 0 Å². The molecule has 0 aliphatic heterocycles. The Morgan fingerprint density at radius 2 is 1.50 bits per heavy atom. The fourth-order valence-corrected chi connectivity index (χ4v) is 0.447. The molecule has 0 aromatic rings. The fraction of sp³-hybridized carbons (Fsp3) is 0.875. The summed E-state index contributed by atoms with van der Waals surface area (Å²) in [5.41, 5.74) is 0. The first-order valence-electron chi connectivity index (χ1n) is 3.62. The Balaban J connectivity index is -0.0000000483. The Labute approximate surface area is 118 Å². The monoisotopic (exact) mass is 434 g/mol. The second kappa shape index (κ2) is 18.6. The predicted octanol–water partition coefficient (Wildman–Crippen LogP) is 3.41. The first-order valence-corrected chi connectivity index (χ1v) is 4.62. The third-order valence-corrected chi connectivity index (χ3v) is 1.32. The fourth-order valence-electron chi connectivity index (χ4n) is 0.149. The van der Waals surface area contributed by atoms with Gasteiger partial charge < -0.3 is 6.92 Å². The molecule has 0 aromatic heterocycles. The van der Waals surface area contributed by atoms with E-state index in [2.05, 4.69) is 20.8 Å². The van der Waals surface area contributed by atoms with Crippen LogP contribution in [0.4, 0.5) is 0 Å². The maximum atomic E-state index is 9.71. The number of rotatable bonds is 2. The maximum absolute atomic E-state index is 9.71. The molecule has 0 spiro atoms. The molecular weight excluding hydrogens is 416 g/mol. The van der Waals surface area contributed by atoms with E-state index in [0.29, 0.717) is 11.8 Å². The zero-order valence-electron chi connectivity index (χ0n) is 8.41. The molecule has 0 saturated heterocycles. The van der Waals surface area contributed by atoms with Gasteiger partial charge in [0, 0.05) is 59.9 Å². The molecule has 12 heavy (non-hydrogen) atoms. The molecule has 0 bridgehead atoms. The Morgan fingerprint density at radius 1 is 1.25 bits per heavy atom. The number of hydrogen-bond acceptors (Lipinski definition) is 1. The molecule has 1 radical (unpaired) electrons. The van der Waals surface area contributed by atoms with Gasteiger partial charge in [-0.25, -0.2) is 0 Å². The van der Waals surface area contributed by atoms with Crippen molar-refractivity contribution >= 4 is 8.46 Å². The molecule has 0 rings (SSSR count). The topological polar surface area (TPSA) is 17.1 Å². The van der Waals surface area contributed by atoms with Crippen molar-refractivity contribution in [3.05, 3.63) is 6.92 Å². The normalized spacial score (nSPS) is 8.25. The van der Waals surface area contributed by atoms with Crippen molar-refractivity contribution in [3.63, 3.8) is 0 Å². The molecule has 0 aromatic carbocycles. The SMILES string of the molecule is CC(C)CP=O.[CH2-]C(C)C.[W].[Y]. The molecule has 0 amide bonds. The summed E-state index contributed by atoms with van der Waals surface area (Å²) >= 11 is 0. The van der Waals surface area contributed by atoms with Gasteiger partial charge in [-0.05, 0) is 5.92 Å². The summed E-state index contributed by atoms with van der Waals surface area (Å²) in [6.45, 7) is 11.8. The standard InChI is InChI=1S/C4H9OP.C4H9.W.Y/c1-4(2)3-6-5;1-4(2)3;;/h4H,3H2,1-2H3;4H,1H2,2-3H3;;/q;-1;;. The van der Waals surface area contributed by atoms with Crippen molar-refractivity contribution in [2.75, 3.05) is 6.16 Å². The van der Waals surface area contributed by atoms with E-state index in [1.807, 2.05) is 13.8 Å². The van der Waals surface area contributed by atoms with Crippen LogP contribution in [-0.4, -0.2) is 6.16 Å². The molecule has 4 heteroatoms. The van der Waals surface area contributed by atoms with E-state index in [9.17, 15) is 4.57 Å². The maximum Gasteiger partial charge on any atom is 0.155 e. The van der Waals surface area contributed by atoms with Gasteiger partial charge in [-0.3, -0.25) is 4.57 Å². The van der Waals surface area contributed by atoms with Crippen LogP contribution >= 0.6 is 8.46 Å². The van der Waals surface area contributed by atoms with Gasteiger partial charge in [-0.15, -0.1) is 0 Å². The smallest absolute Gasteiger partial charge is 0.155 e. The van der Waals surface area contributed by atoms with E-state index in [0.717, 1.165) is 6.16 Å². The van der Waals surface area contributed by atoms with Gasteiger partial charge in [0.05, 0.1) is 0 Å². The van der Waals surface area contributed by atoms with Crippen molar-refractivity contribution in [2.45, 2.75) is 27.7 Å². The average Bonchev–Trinajstić information content (AvgIpc) is 1.62. The van der Waals surface area contributed by atoms with E-state index >= 15 is 0 Å². The van der Waals surface area contributed by atoms with E-state index in [-0.39, 0.29) is 62.2 Å². The molecule has 0 unspecified atom stereocenters. The predicted molar refractivity (Wildman–Crippen MR) is 47.5 cm³/mol. The summed E-state index contributed by atoms with van der Waals surface area (Å²) < 4.78 is 9.71. The first kappa shape index (κ1) is 23.6. The summed E-state index contributed by atoms with van der Waals surface area (Å²) in [4.78, 5) is 0. The second-order valence-electron chi connectivity index (χ2n) is 3.10. The Morgan fingerprint density at radius 3 is 1.50 bits per heavy atom. The van der Waals surface area contributed by atoms with E-state index in [1.165, 1.54) is 0 Å². The molecule has 0 heterocycles. The Kier molecular flexibility index (Phi) is 36.6. The third kappa shape index (κ3) is 59.0. The minimum atomic E-state index is 0. The largest absolute Gasteiger partial charge is 0.341 e. The molecule has 71 valence electrons. The quantitative estimate of drug-likeness (QED) is 0.482. The van der Waals surface area contributed by atoms with Crippen molar-refractivity contribution in [3.8, 4) is 0 Å². The van der Waals surface area contributed by atoms with Crippen LogP contribution in [0.5, 0.6) is 0 Å². The molecule has 0 aliphatic carbocycles. The summed E-state index contributed by atoms with van der Waals surface area (Å²) in [7, 11) is 0.274. The van der Waals surface area contributed by atoms with Crippen molar-refractivity contribution in [2.24, 2.45) is 11.8 Å². The van der Waals surface area contributed by atoms with Crippen LogP contribution in [0.15, 0.2) is 0 Å². The van der Waals surface area contributed by atoms with Crippen LogP contribution in [0.2, 0.25) is 0 Å². The van der Waals surface area contributed by atoms with Crippen LogP contribution in [0.1, 0.15) is 27.7 Å². The van der Waals surface area contributed by atoms with Crippen LogP contribution in [0.25, 0.3) is 0 Å². The number of hydrogen-bond donors (Lipinski definition) is 0. The molecule has 0 atom stereocenters. The van der Waals surface area contributed by atoms with E-state index in [1.54, 1.807) is 0 Å². The molecule has 0 fully saturated rings. The van der Waals surface area contributed by atoms with Gasteiger partial charge in [0.25, 0.3) is 0 Å². The molecule has 0 aliphatic rings. The molecule has 1 nitrogen and oxygen atoms in total. The van der Waals surface area contributed by atoms with Crippen LogP contribution in [0, 0.1) is 18.8 Å². The van der Waals surface area contributed by atoms with Crippen LogP contribution < -0.4 is 0 Å². The van der Waals surface area contributed by atoms with Gasteiger partial charge in [-0.2, -0.15) is 5.92 Å². The van der Waals surface area contributed by atoms with Gasteiger partial charge in [-0.1, -0.05) is 27.7 Å². The van der Waals surface area contributed by atoms with Crippen LogP contribution in [-0.2, 0) is 58.3 Å².